The van der Waals surface area contributed by atoms with Crippen LogP contribution in [0.5, 0.6) is 0 Å². The fourth-order valence-corrected chi connectivity index (χ4v) is 8.88. The Labute approximate surface area is 327 Å². The van der Waals surface area contributed by atoms with Gasteiger partial charge in [-0.05, 0) is 101 Å². The van der Waals surface area contributed by atoms with Crippen molar-refractivity contribution in [3.05, 3.63) is 198 Å². The Morgan fingerprint density at radius 3 is 1.56 bits per heavy atom. The molecule has 11 aromatic rings. The maximum atomic E-state index is 10.5. The van der Waals surface area contributed by atoms with Crippen LogP contribution >= 0.6 is 0 Å². The van der Waals surface area contributed by atoms with E-state index in [9.17, 15) is 5.26 Å². The zero-order valence-electron chi connectivity index (χ0n) is 30.3. The predicted molar refractivity (Wildman–Crippen MR) is 232 cm³/mol. The van der Waals surface area contributed by atoms with E-state index in [0.717, 1.165) is 93.6 Å². The summed E-state index contributed by atoms with van der Waals surface area (Å²) in [6.07, 6.45) is 0. The van der Waals surface area contributed by atoms with Gasteiger partial charge >= 0.3 is 0 Å². The van der Waals surface area contributed by atoms with E-state index < -0.39 is 0 Å². The van der Waals surface area contributed by atoms with Gasteiger partial charge in [0, 0.05) is 38.3 Å². The maximum Gasteiger partial charge on any atom is 0.189 e. The van der Waals surface area contributed by atoms with E-state index in [1.165, 1.54) is 0 Å². The summed E-state index contributed by atoms with van der Waals surface area (Å²) in [4.78, 5) is 7.65. The van der Waals surface area contributed by atoms with Gasteiger partial charge in [0.2, 0.25) is 0 Å². The van der Waals surface area contributed by atoms with Crippen LogP contribution < -0.4 is 0 Å². The lowest BCUT2D eigenvalue weighted by Gasteiger charge is -2.14. The highest BCUT2D eigenvalue weighted by Crippen LogP contribution is 2.42. The molecule has 11 rings (SSSR count). The normalized spacial score (nSPS) is 11.5. The second kappa shape index (κ2) is 12.3. The lowest BCUT2D eigenvalue weighted by molar-refractivity contribution is 1.17. The van der Waals surface area contributed by atoms with Crippen molar-refractivity contribution in [1.82, 2.24) is 13.7 Å². The molecule has 0 fully saturated rings. The van der Waals surface area contributed by atoms with Crippen LogP contribution in [0.3, 0.4) is 0 Å². The summed E-state index contributed by atoms with van der Waals surface area (Å²) in [6.45, 7) is 15.8. The summed E-state index contributed by atoms with van der Waals surface area (Å²) in [5.41, 5.74) is 12.3. The number of nitriles is 1. The van der Waals surface area contributed by atoms with Crippen molar-refractivity contribution in [1.29, 1.82) is 5.26 Å². The van der Waals surface area contributed by atoms with Crippen molar-refractivity contribution >= 4 is 76.8 Å². The second-order valence-electron chi connectivity index (χ2n) is 14.3. The summed E-state index contributed by atoms with van der Waals surface area (Å²) >= 11 is 0. The molecule has 0 atom stereocenters. The zero-order chi connectivity index (χ0) is 38.2. The van der Waals surface area contributed by atoms with Gasteiger partial charge in [-0.15, -0.1) is 0 Å². The van der Waals surface area contributed by atoms with Gasteiger partial charge in [0.1, 0.15) is 0 Å². The molecule has 0 spiro atoms. The smallest absolute Gasteiger partial charge is 0.189 e. The SMILES string of the molecule is [C-]#[N+]c1cc(-c2cc(C#N)cc(-n3c4ccccc4c4c(-n5c6ccccc6c6cc([N+]#[C-])ccc65)cccc43)c2)cc(-n2c3ccccc3c3ccccc32)c1. The third-order valence-corrected chi connectivity index (χ3v) is 11.2. The molecule has 0 saturated heterocycles. The second-order valence-corrected chi connectivity index (χ2v) is 14.3. The van der Waals surface area contributed by atoms with Gasteiger partial charge in [0.25, 0.3) is 0 Å². The van der Waals surface area contributed by atoms with Crippen molar-refractivity contribution < 1.29 is 0 Å². The van der Waals surface area contributed by atoms with Crippen LogP contribution in [0.1, 0.15) is 5.56 Å². The number of hydrogen-bond donors (Lipinski definition) is 0. The maximum absolute atomic E-state index is 10.5. The molecule has 6 nitrogen and oxygen atoms in total. The molecular weight excluding hydrogens is 697 g/mol. The lowest BCUT2D eigenvalue weighted by atomic mass is 10.0. The average Bonchev–Trinajstić information content (AvgIpc) is 3.91. The van der Waals surface area contributed by atoms with Crippen molar-refractivity contribution in [3.8, 4) is 34.3 Å². The van der Waals surface area contributed by atoms with Crippen LogP contribution in [-0.2, 0) is 0 Å². The molecule has 0 radical (unpaired) electrons. The summed E-state index contributed by atoms with van der Waals surface area (Å²) in [5.74, 6) is 0. The summed E-state index contributed by atoms with van der Waals surface area (Å²) in [5, 5.41) is 17.1. The van der Waals surface area contributed by atoms with Gasteiger partial charge in [-0.3, -0.25) is 0 Å². The molecule has 0 aliphatic rings. The molecule has 3 aromatic heterocycles. The van der Waals surface area contributed by atoms with Gasteiger partial charge in [-0.2, -0.15) is 5.26 Å². The molecule has 0 aliphatic heterocycles. The molecule has 8 aromatic carbocycles. The Morgan fingerprint density at radius 1 is 0.404 bits per heavy atom. The molecule has 0 amide bonds. The topological polar surface area (TPSA) is 47.3 Å². The van der Waals surface area contributed by atoms with E-state index in [0.29, 0.717) is 16.9 Å². The molecule has 0 bridgehead atoms. The van der Waals surface area contributed by atoms with Crippen LogP contribution in [0, 0.1) is 24.5 Å². The third-order valence-electron chi connectivity index (χ3n) is 11.2. The number of fused-ring (bicyclic) bond motifs is 9. The molecule has 0 N–H and O–H groups in total. The van der Waals surface area contributed by atoms with E-state index >= 15 is 0 Å². The molecule has 0 saturated carbocycles. The third kappa shape index (κ3) is 4.74. The monoisotopic (exact) mass is 724 g/mol. The van der Waals surface area contributed by atoms with Gasteiger partial charge in [-0.25, -0.2) is 9.69 Å². The lowest BCUT2D eigenvalue weighted by Crippen LogP contribution is -1.98. The number of nitrogens with zero attached hydrogens (tertiary/aromatic N) is 6. The van der Waals surface area contributed by atoms with E-state index in [4.69, 9.17) is 13.1 Å². The quantitative estimate of drug-likeness (QED) is 0.167. The van der Waals surface area contributed by atoms with Gasteiger partial charge in [0.15, 0.2) is 11.4 Å². The molecular formula is C51H28N6. The number of benzene rings is 8. The van der Waals surface area contributed by atoms with Crippen LogP contribution in [-0.4, -0.2) is 13.7 Å². The Kier molecular flexibility index (Phi) is 6.95. The highest BCUT2D eigenvalue weighted by Gasteiger charge is 2.21. The molecule has 262 valence electrons. The van der Waals surface area contributed by atoms with E-state index in [1.807, 2.05) is 60.7 Å². The first-order valence-corrected chi connectivity index (χ1v) is 18.6. The molecule has 57 heavy (non-hydrogen) atoms. The number of rotatable bonds is 4. The standard InChI is InChI=1S/C51H28N6/c1-53-35-22-23-48-43(30-35)41-14-5-9-18-46(41)57(48)50-21-11-20-49-51(50)42-15-6-10-19-47(42)56(49)37-25-32(31-52)24-33(27-37)34-26-36(54-2)29-38(28-34)55-44-16-7-3-12-39(44)40-13-4-8-17-45(40)55/h3-30H. The Morgan fingerprint density at radius 2 is 0.912 bits per heavy atom. The Hall–Kier alpha value is -8.37. The summed E-state index contributed by atoms with van der Waals surface area (Å²) in [6, 6.07) is 60.2. The van der Waals surface area contributed by atoms with Crippen molar-refractivity contribution in [3.63, 3.8) is 0 Å². The largest absolute Gasteiger partial charge is 0.310 e. The van der Waals surface area contributed by atoms with Gasteiger partial charge in [-0.1, -0.05) is 84.9 Å². The van der Waals surface area contributed by atoms with Crippen molar-refractivity contribution in [2.75, 3.05) is 0 Å². The summed E-state index contributed by atoms with van der Waals surface area (Å²) < 4.78 is 6.78. The first kappa shape index (κ1) is 32.1. The molecule has 0 aliphatic carbocycles. The average molecular weight is 725 g/mol. The van der Waals surface area contributed by atoms with Crippen molar-refractivity contribution in [2.24, 2.45) is 0 Å². The Balaban J connectivity index is 1.16. The van der Waals surface area contributed by atoms with E-state index in [2.05, 4.69) is 139 Å². The minimum Gasteiger partial charge on any atom is -0.310 e. The fraction of sp³-hybridized carbons (Fsp3) is 0. The molecule has 6 heteroatoms. The van der Waals surface area contributed by atoms with Gasteiger partial charge < -0.3 is 13.7 Å². The molecule has 0 unspecified atom stereocenters. The number of aromatic nitrogens is 3. The highest BCUT2D eigenvalue weighted by atomic mass is 15.0. The number of hydrogen-bond acceptors (Lipinski definition) is 1. The summed E-state index contributed by atoms with van der Waals surface area (Å²) in [7, 11) is 0. The number of para-hydroxylation sites is 4. The minimum atomic E-state index is 0.518. The zero-order valence-corrected chi connectivity index (χ0v) is 30.3. The molecule has 3 heterocycles. The predicted octanol–water partition coefficient (Wildman–Crippen LogP) is 13.6. The van der Waals surface area contributed by atoms with Crippen LogP contribution in [0.15, 0.2) is 170 Å². The van der Waals surface area contributed by atoms with E-state index in [1.54, 1.807) is 0 Å². The minimum absolute atomic E-state index is 0.518. The fourth-order valence-electron chi connectivity index (χ4n) is 8.88. The van der Waals surface area contributed by atoms with E-state index in [-0.39, 0.29) is 0 Å². The van der Waals surface area contributed by atoms with Crippen LogP contribution in [0.2, 0.25) is 0 Å². The highest BCUT2D eigenvalue weighted by molar-refractivity contribution is 6.17. The van der Waals surface area contributed by atoms with Crippen molar-refractivity contribution in [2.45, 2.75) is 0 Å². The first-order valence-electron chi connectivity index (χ1n) is 18.6. The first-order chi connectivity index (χ1) is 28.1. The van der Waals surface area contributed by atoms with Crippen LogP contribution in [0.25, 0.3) is 103 Å². The van der Waals surface area contributed by atoms with Gasteiger partial charge in [0.05, 0.1) is 63.6 Å². The van der Waals surface area contributed by atoms with Crippen LogP contribution in [0.4, 0.5) is 11.4 Å². The Bertz CT molecular complexity index is 3580.